The molecule has 0 amide bonds. The fraction of sp³-hybridized carbons (Fsp3) is 0.273. The number of rotatable bonds is 2. The Labute approximate surface area is 88.1 Å². The van der Waals surface area contributed by atoms with Crippen LogP contribution in [0.4, 0.5) is 0 Å². The summed E-state index contributed by atoms with van der Waals surface area (Å²) in [4.78, 5) is 8.61. The van der Waals surface area contributed by atoms with E-state index in [1.54, 1.807) is 7.11 Å². The zero-order valence-corrected chi connectivity index (χ0v) is 8.82. The average molecular weight is 203 g/mol. The van der Waals surface area contributed by atoms with E-state index in [-0.39, 0.29) is 0 Å². The SMILES string of the molecule is COc1nc(CN)nc2c(C)cccc12. The molecule has 0 fully saturated rings. The Kier molecular flexibility index (Phi) is 2.51. The third-order valence-corrected chi connectivity index (χ3v) is 2.32. The van der Waals surface area contributed by atoms with Crippen molar-refractivity contribution in [3.05, 3.63) is 29.6 Å². The predicted molar refractivity (Wildman–Crippen MR) is 58.7 cm³/mol. The Bertz CT molecular complexity index is 496. The van der Waals surface area contributed by atoms with Gasteiger partial charge in [0.1, 0.15) is 5.82 Å². The molecule has 4 nitrogen and oxygen atoms in total. The van der Waals surface area contributed by atoms with Crippen molar-refractivity contribution in [1.82, 2.24) is 9.97 Å². The first-order valence-corrected chi connectivity index (χ1v) is 4.76. The van der Waals surface area contributed by atoms with E-state index in [2.05, 4.69) is 9.97 Å². The van der Waals surface area contributed by atoms with Gasteiger partial charge in [-0.1, -0.05) is 12.1 Å². The first kappa shape index (κ1) is 9.86. The highest BCUT2D eigenvalue weighted by atomic mass is 16.5. The number of methoxy groups -OCH3 is 1. The van der Waals surface area contributed by atoms with Crippen LogP contribution in [0.5, 0.6) is 5.88 Å². The molecule has 1 heterocycles. The zero-order chi connectivity index (χ0) is 10.8. The van der Waals surface area contributed by atoms with E-state index in [4.69, 9.17) is 10.5 Å². The van der Waals surface area contributed by atoms with Crippen LogP contribution in [-0.4, -0.2) is 17.1 Å². The fourth-order valence-electron chi connectivity index (χ4n) is 1.56. The van der Waals surface area contributed by atoms with E-state index in [0.29, 0.717) is 18.2 Å². The smallest absolute Gasteiger partial charge is 0.224 e. The van der Waals surface area contributed by atoms with Crippen LogP contribution in [0.2, 0.25) is 0 Å². The van der Waals surface area contributed by atoms with Crippen LogP contribution in [0.3, 0.4) is 0 Å². The molecule has 0 atom stereocenters. The molecule has 0 radical (unpaired) electrons. The summed E-state index contributed by atoms with van der Waals surface area (Å²) in [6.07, 6.45) is 0. The van der Waals surface area contributed by atoms with Gasteiger partial charge < -0.3 is 10.5 Å². The molecule has 0 unspecified atom stereocenters. The molecule has 2 N–H and O–H groups in total. The highest BCUT2D eigenvalue weighted by molar-refractivity contribution is 5.86. The number of para-hydroxylation sites is 1. The molecule has 2 aromatic rings. The van der Waals surface area contributed by atoms with Crippen molar-refractivity contribution >= 4 is 10.9 Å². The lowest BCUT2D eigenvalue weighted by Gasteiger charge is -2.07. The lowest BCUT2D eigenvalue weighted by molar-refractivity contribution is 0.400. The molecular weight excluding hydrogens is 190 g/mol. The summed E-state index contributed by atoms with van der Waals surface area (Å²) in [6.45, 7) is 2.33. The van der Waals surface area contributed by atoms with Gasteiger partial charge in [0.15, 0.2) is 0 Å². The van der Waals surface area contributed by atoms with E-state index < -0.39 is 0 Å². The molecule has 0 aliphatic heterocycles. The van der Waals surface area contributed by atoms with Gasteiger partial charge in [-0.15, -0.1) is 0 Å². The summed E-state index contributed by atoms with van der Waals surface area (Å²) < 4.78 is 5.22. The maximum absolute atomic E-state index is 5.53. The first-order valence-electron chi connectivity index (χ1n) is 4.76. The van der Waals surface area contributed by atoms with Crippen molar-refractivity contribution in [2.45, 2.75) is 13.5 Å². The molecule has 0 saturated heterocycles. The van der Waals surface area contributed by atoms with Crippen LogP contribution in [0.1, 0.15) is 11.4 Å². The number of hydrogen-bond donors (Lipinski definition) is 1. The second-order valence-corrected chi connectivity index (χ2v) is 3.32. The molecule has 0 spiro atoms. The summed E-state index contributed by atoms with van der Waals surface area (Å²) in [5.41, 5.74) is 7.54. The zero-order valence-electron chi connectivity index (χ0n) is 8.82. The number of aromatic nitrogens is 2. The number of aryl methyl sites for hydroxylation is 1. The van der Waals surface area contributed by atoms with Crippen LogP contribution >= 0.6 is 0 Å². The van der Waals surface area contributed by atoms with Gasteiger partial charge in [0, 0.05) is 0 Å². The molecule has 78 valence electrons. The molecule has 0 aliphatic carbocycles. The summed E-state index contributed by atoms with van der Waals surface area (Å²) in [6, 6.07) is 5.92. The molecule has 1 aromatic carbocycles. The first-order chi connectivity index (χ1) is 7.26. The Morgan fingerprint density at radius 3 is 2.80 bits per heavy atom. The van der Waals surface area contributed by atoms with E-state index in [0.717, 1.165) is 16.5 Å². The minimum Gasteiger partial charge on any atom is -0.480 e. The number of fused-ring (bicyclic) bond motifs is 1. The second-order valence-electron chi connectivity index (χ2n) is 3.32. The van der Waals surface area contributed by atoms with E-state index in [1.165, 1.54) is 0 Å². The number of nitrogens with two attached hydrogens (primary N) is 1. The van der Waals surface area contributed by atoms with Gasteiger partial charge in [-0.05, 0) is 18.6 Å². The highest BCUT2D eigenvalue weighted by Crippen LogP contribution is 2.24. The van der Waals surface area contributed by atoms with Gasteiger partial charge in [0.25, 0.3) is 0 Å². The van der Waals surface area contributed by atoms with Crippen molar-refractivity contribution in [2.75, 3.05) is 7.11 Å². The number of nitrogens with zero attached hydrogens (tertiary/aromatic N) is 2. The van der Waals surface area contributed by atoms with E-state index in [9.17, 15) is 0 Å². The molecular formula is C11H13N3O. The molecule has 15 heavy (non-hydrogen) atoms. The second kappa shape index (κ2) is 3.82. The van der Waals surface area contributed by atoms with Gasteiger partial charge in [-0.3, -0.25) is 0 Å². The summed E-state index contributed by atoms with van der Waals surface area (Å²) >= 11 is 0. The van der Waals surface area contributed by atoms with Gasteiger partial charge in [-0.2, -0.15) is 4.98 Å². The van der Waals surface area contributed by atoms with Crippen LogP contribution in [0.15, 0.2) is 18.2 Å². The average Bonchev–Trinajstić information content (AvgIpc) is 2.28. The van der Waals surface area contributed by atoms with Crippen molar-refractivity contribution in [3.8, 4) is 5.88 Å². The summed E-state index contributed by atoms with van der Waals surface area (Å²) in [5.74, 6) is 1.19. The quantitative estimate of drug-likeness (QED) is 0.801. The molecule has 0 bridgehead atoms. The van der Waals surface area contributed by atoms with E-state index in [1.807, 2.05) is 25.1 Å². The van der Waals surface area contributed by atoms with Gasteiger partial charge in [0.2, 0.25) is 5.88 Å². The normalized spacial score (nSPS) is 10.6. The molecule has 1 aromatic heterocycles. The minimum absolute atomic E-state index is 0.320. The number of benzene rings is 1. The molecule has 0 saturated carbocycles. The Morgan fingerprint density at radius 1 is 1.33 bits per heavy atom. The minimum atomic E-state index is 0.320. The van der Waals surface area contributed by atoms with Crippen LogP contribution < -0.4 is 10.5 Å². The van der Waals surface area contributed by atoms with Gasteiger partial charge in [-0.25, -0.2) is 4.98 Å². The third-order valence-electron chi connectivity index (χ3n) is 2.32. The van der Waals surface area contributed by atoms with E-state index >= 15 is 0 Å². The van der Waals surface area contributed by atoms with Gasteiger partial charge >= 0.3 is 0 Å². The summed E-state index contributed by atoms with van der Waals surface area (Å²) in [7, 11) is 1.60. The van der Waals surface area contributed by atoms with Crippen molar-refractivity contribution in [3.63, 3.8) is 0 Å². The van der Waals surface area contributed by atoms with Crippen LogP contribution in [0, 0.1) is 6.92 Å². The maximum atomic E-state index is 5.53. The van der Waals surface area contributed by atoms with Crippen molar-refractivity contribution in [1.29, 1.82) is 0 Å². The molecule has 0 aliphatic rings. The Morgan fingerprint density at radius 2 is 2.13 bits per heavy atom. The number of ether oxygens (including phenoxy) is 1. The molecule has 4 heteroatoms. The highest BCUT2D eigenvalue weighted by Gasteiger charge is 2.08. The summed E-state index contributed by atoms with van der Waals surface area (Å²) in [5, 5.41) is 0.926. The Hall–Kier alpha value is -1.68. The lowest BCUT2D eigenvalue weighted by Crippen LogP contribution is -2.05. The largest absolute Gasteiger partial charge is 0.480 e. The Balaban J connectivity index is 2.80. The lowest BCUT2D eigenvalue weighted by atomic mass is 10.1. The predicted octanol–water partition coefficient (Wildman–Crippen LogP) is 1.41. The topological polar surface area (TPSA) is 61.0 Å². The number of hydrogen-bond acceptors (Lipinski definition) is 4. The van der Waals surface area contributed by atoms with Gasteiger partial charge in [0.05, 0.1) is 24.6 Å². The fourth-order valence-corrected chi connectivity index (χ4v) is 1.56. The monoisotopic (exact) mass is 203 g/mol. The van der Waals surface area contributed by atoms with Crippen molar-refractivity contribution in [2.24, 2.45) is 5.73 Å². The standard InChI is InChI=1S/C11H13N3O/c1-7-4-3-5-8-10(7)13-9(6-12)14-11(8)15-2/h3-5H,6,12H2,1-2H3. The third kappa shape index (κ3) is 1.64. The van der Waals surface area contributed by atoms with Crippen LogP contribution in [-0.2, 0) is 6.54 Å². The maximum Gasteiger partial charge on any atom is 0.224 e. The van der Waals surface area contributed by atoms with Crippen molar-refractivity contribution < 1.29 is 4.74 Å². The van der Waals surface area contributed by atoms with Crippen LogP contribution in [0.25, 0.3) is 10.9 Å². The molecule has 2 rings (SSSR count).